The van der Waals surface area contributed by atoms with Crippen LogP contribution in [0.15, 0.2) is 48.5 Å². The molecular formula is C25H27F3N2O3. The first-order valence-corrected chi connectivity index (χ1v) is 11.3. The van der Waals surface area contributed by atoms with Crippen molar-refractivity contribution in [2.45, 2.75) is 44.6 Å². The van der Waals surface area contributed by atoms with Crippen molar-refractivity contribution in [3.05, 3.63) is 70.8 Å². The second-order valence-electron chi connectivity index (χ2n) is 8.56. The zero-order valence-electron chi connectivity index (χ0n) is 18.3. The van der Waals surface area contributed by atoms with Crippen molar-refractivity contribution in [1.82, 2.24) is 9.80 Å². The smallest absolute Gasteiger partial charge is 0.373 e. The highest BCUT2D eigenvalue weighted by atomic mass is 19.4. The predicted octanol–water partition coefficient (Wildman–Crippen LogP) is 4.76. The van der Waals surface area contributed by atoms with Gasteiger partial charge in [0.15, 0.2) is 0 Å². The average Bonchev–Trinajstić information content (AvgIpc) is 3.06. The Bertz CT molecular complexity index is 965. The molecule has 1 fully saturated rings. The molecule has 2 aromatic carbocycles. The number of imide groups is 1. The van der Waals surface area contributed by atoms with Crippen LogP contribution in [0.5, 0.6) is 0 Å². The van der Waals surface area contributed by atoms with Crippen molar-refractivity contribution < 1.29 is 27.5 Å². The van der Waals surface area contributed by atoms with E-state index in [4.69, 9.17) is 4.74 Å². The number of amides is 2. The van der Waals surface area contributed by atoms with Gasteiger partial charge >= 0.3 is 6.18 Å². The molecule has 0 saturated carbocycles. The van der Waals surface area contributed by atoms with E-state index in [1.807, 2.05) is 0 Å². The number of benzene rings is 2. The van der Waals surface area contributed by atoms with Gasteiger partial charge in [-0.2, -0.15) is 13.2 Å². The molecule has 2 aliphatic rings. The summed E-state index contributed by atoms with van der Waals surface area (Å²) in [6.45, 7) is 3.20. The van der Waals surface area contributed by atoms with Crippen molar-refractivity contribution in [2.75, 3.05) is 26.2 Å². The van der Waals surface area contributed by atoms with E-state index in [0.29, 0.717) is 23.2 Å². The Morgan fingerprint density at radius 2 is 1.52 bits per heavy atom. The van der Waals surface area contributed by atoms with Crippen LogP contribution >= 0.6 is 0 Å². The van der Waals surface area contributed by atoms with Gasteiger partial charge in [0.2, 0.25) is 0 Å². The summed E-state index contributed by atoms with van der Waals surface area (Å²) >= 11 is 0. The minimum atomic E-state index is -4.35. The Kier molecular flexibility index (Phi) is 7.14. The zero-order chi connectivity index (χ0) is 23.4. The van der Waals surface area contributed by atoms with Crippen LogP contribution in [0.2, 0.25) is 0 Å². The lowest BCUT2D eigenvalue weighted by Gasteiger charge is -2.32. The third-order valence-corrected chi connectivity index (χ3v) is 6.26. The molecule has 8 heteroatoms. The van der Waals surface area contributed by atoms with Crippen molar-refractivity contribution in [1.29, 1.82) is 0 Å². The van der Waals surface area contributed by atoms with Gasteiger partial charge in [-0.25, -0.2) is 0 Å². The van der Waals surface area contributed by atoms with Gasteiger partial charge in [0.1, 0.15) is 0 Å². The molecule has 4 rings (SSSR count). The number of piperidine rings is 1. The number of likely N-dealkylation sites (tertiary alicyclic amines) is 1. The van der Waals surface area contributed by atoms with Crippen molar-refractivity contribution >= 4 is 11.8 Å². The average molecular weight is 460 g/mol. The van der Waals surface area contributed by atoms with Crippen molar-refractivity contribution in [3.8, 4) is 0 Å². The molecule has 0 aliphatic carbocycles. The van der Waals surface area contributed by atoms with Crippen LogP contribution in [0.3, 0.4) is 0 Å². The van der Waals surface area contributed by atoms with Crippen LogP contribution in [0, 0.1) is 0 Å². The molecule has 2 aromatic rings. The Labute approximate surface area is 191 Å². The van der Waals surface area contributed by atoms with E-state index in [1.165, 1.54) is 11.0 Å². The zero-order valence-corrected chi connectivity index (χ0v) is 18.3. The molecule has 0 atom stereocenters. The standard InChI is InChI=1S/C25H27F3N2O3/c26-25(27,28)19-7-5-6-18(16-19)17-33-20-10-14-29(15-11-20)12-3-4-13-30-23(31)21-8-1-2-9-22(21)24(30)32/h1-2,5-9,16,20H,3-4,10-15,17H2. The quantitative estimate of drug-likeness (QED) is 0.421. The molecule has 0 N–H and O–H groups in total. The third kappa shape index (κ3) is 5.62. The van der Waals surface area contributed by atoms with Gasteiger partial charge < -0.3 is 9.64 Å². The molecular weight excluding hydrogens is 433 g/mol. The summed E-state index contributed by atoms with van der Waals surface area (Å²) < 4.78 is 44.4. The topological polar surface area (TPSA) is 49.9 Å². The fraction of sp³-hybridized carbons (Fsp3) is 0.440. The number of rotatable bonds is 8. The van der Waals surface area contributed by atoms with Crippen LogP contribution in [-0.4, -0.2) is 53.9 Å². The molecule has 5 nitrogen and oxygen atoms in total. The predicted molar refractivity (Wildman–Crippen MR) is 117 cm³/mol. The Morgan fingerprint density at radius 3 is 2.15 bits per heavy atom. The lowest BCUT2D eigenvalue weighted by molar-refractivity contribution is -0.137. The number of hydrogen-bond acceptors (Lipinski definition) is 4. The second kappa shape index (κ2) is 10.1. The molecule has 0 bridgehead atoms. The van der Waals surface area contributed by atoms with Gasteiger partial charge in [-0.1, -0.05) is 24.3 Å². The lowest BCUT2D eigenvalue weighted by atomic mass is 10.1. The van der Waals surface area contributed by atoms with Gasteiger partial charge in [-0.3, -0.25) is 14.5 Å². The summed E-state index contributed by atoms with van der Waals surface area (Å²) in [6, 6.07) is 12.2. The van der Waals surface area contributed by atoms with Crippen LogP contribution in [0.4, 0.5) is 13.2 Å². The molecule has 1 saturated heterocycles. The van der Waals surface area contributed by atoms with Crippen molar-refractivity contribution in [2.24, 2.45) is 0 Å². The molecule has 2 amide bonds. The molecule has 0 aromatic heterocycles. The van der Waals surface area contributed by atoms with Crippen molar-refractivity contribution in [3.63, 3.8) is 0 Å². The summed E-state index contributed by atoms with van der Waals surface area (Å²) in [5, 5.41) is 0. The highest BCUT2D eigenvalue weighted by Crippen LogP contribution is 2.30. The number of ether oxygens (including phenoxy) is 1. The summed E-state index contributed by atoms with van der Waals surface area (Å²) in [6.07, 6.45) is -1.02. The van der Waals surface area contributed by atoms with E-state index in [-0.39, 0.29) is 24.5 Å². The van der Waals surface area contributed by atoms with Gasteiger partial charge in [0.25, 0.3) is 11.8 Å². The molecule has 0 spiro atoms. The maximum atomic E-state index is 12.8. The molecule has 176 valence electrons. The van der Waals surface area contributed by atoms with E-state index in [1.54, 1.807) is 30.3 Å². The maximum Gasteiger partial charge on any atom is 0.416 e. The van der Waals surface area contributed by atoms with Gasteiger partial charge in [-0.05, 0) is 62.1 Å². The maximum absolute atomic E-state index is 12.8. The Hall–Kier alpha value is -2.71. The van der Waals surface area contributed by atoms with Crippen LogP contribution in [0.25, 0.3) is 0 Å². The number of nitrogens with zero attached hydrogens (tertiary/aromatic N) is 2. The van der Waals surface area contributed by atoms with Crippen LogP contribution in [-0.2, 0) is 17.5 Å². The first kappa shape index (κ1) is 23.4. The monoisotopic (exact) mass is 460 g/mol. The number of halogens is 3. The fourth-order valence-electron chi connectivity index (χ4n) is 4.40. The molecule has 0 unspecified atom stereocenters. The summed E-state index contributed by atoms with van der Waals surface area (Å²) in [5.74, 6) is -0.427. The number of carbonyl (C=O) groups is 2. The van der Waals surface area contributed by atoms with E-state index >= 15 is 0 Å². The van der Waals surface area contributed by atoms with Gasteiger partial charge in [0.05, 0.1) is 29.4 Å². The van der Waals surface area contributed by atoms with Crippen LogP contribution < -0.4 is 0 Å². The Morgan fingerprint density at radius 1 is 0.879 bits per heavy atom. The third-order valence-electron chi connectivity index (χ3n) is 6.26. The normalized spacial score (nSPS) is 17.6. The first-order valence-electron chi connectivity index (χ1n) is 11.3. The van der Waals surface area contributed by atoms with E-state index in [2.05, 4.69) is 4.90 Å². The van der Waals surface area contributed by atoms with E-state index < -0.39 is 11.7 Å². The second-order valence-corrected chi connectivity index (χ2v) is 8.56. The summed E-state index contributed by atoms with van der Waals surface area (Å²) in [5.41, 5.74) is 0.837. The summed E-state index contributed by atoms with van der Waals surface area (Å²) in [7, 11) is 0. The SMILES string of the molecule is O=C1c2ccccc2C(=O)N1CCCCN1CCC(OCc2cccc(C(F)(F)F)c2)CC1. The number of unbranched alkanes of at least 4 members (excludes halogenated alkanes) is 1. The highest BCUT2D eigenvalue weighted by molar-refractivity contribution is 6.21. The molecule has 2 aliphatic heterocycles. The van der Waals surface area contributed by atoms with E-state index in [0.717, 1.165) is 57.5 Å². The van der Waals surface area contributed by atoms with Gasteiger partial charge in [0, 0.05) is 19.6 Å². The number of fused-ring (bicyclic) bond motifs is 1. The fourth-order valence-corrected chi connectivity index (χ4v) is 4.40. The summed E-state index contributed by atoms with van der Waals surface area (Å²) in [4.78, 5) is 28.4. The first-order chi connectivity index (χ1) is 15.8. The van der Waals surface area contributed by atoms with Crippen LogP contribution in [0.1, 0.15) is 57.5 Å². The number of carbonyl (C=O) groups excluding carboxylic acids is 2. The number of alkyl halides is 3. The van der Waals surface area contributed by atoms with Gasteiger partial charge in [-0.15, -0.1) is 0 Å². The molecule has 0 radical (unpaired) electrons. The minimum absolute atomic E-state index is 0.0362. The van der Waals surface area contributed by atoms with E-state index in [9.17, 15) is 22.8 Å². The highest BCUT2D eigenvalue weighted by Gasteiger charge is 2.34. The minimum Gasteiger partial charge on any atom is -0.373 e. The Balaban J connectivity index is 1.14. The number of hydrogen-bond donors (Lipinski definition) is 0. The largest absolute Gasteiger partial charge is 0.416 e. The lowest BCUT2D eigenvalue weighted by Crippen LogP contribution is -2.38. The molecule has 33 heavy (non-hydrogen) atoms. The molecule has 2 heterocycles.